The Morgan fingerprint density at radius 2 is 1.94 bits per heavy atom. The molecule has 2 rings (SSSR count). The first-order valence-corrected chi connectivity index (χ1v) is 6.95. The van der Waals surface area contributed by atoms with Crippen molar-refractivity contribution in [2.45, 2.75) is 39.0 Å². The number of rotatable bonds is 4. The van der Waals surface area contributed by atoms with Crippen molar-refractivity contribution < 1.29 is 4.79 Å². The third kappa shape index (κ3) is 3.25. The van der Waals surface area contributed by atoms with E-state index in [0.29, 0.717) is 6.42 Å². The Morgan fingerprint density at radius 1 is 1.22 bits per heavy atom. The molecule has 0 spiro atoms. The van der Waals surface area contributed by atoms with Gasteiger partial charge in [-0.2, -0.15) is 0 Å². The average Bonchev–Trinajstić information content (AvgIpc) is 2.40. The lowest BCUT2D eigenvalue weighted by Gasteiger charge is -2.30. The van der Waals surface area contributed by atoms with Crippen LogP contribution in [-0.4, -0.2) is 19.0 Å². The highest BCUT2D eigenvalue weighted by molar-refractivity contribution is 5.94. The van der Waals surface area contributed by atoms with Crippen LogP contribution in [0.25, 0.3) is 0 Å². The Hall–Kier alpha value is -1.51. The molecule has 0 atom stereocenters. The molecule has 1 aliphatic heterocycles. The van der Waals surface area contributed by atoms with Crippen LogP contribution >= 0.6 is 0 Å². The Balaban J connectivity index is 2.11. The molecule has 1 saturated heterocycles. The van der Waals surface area contributed by atoms with Crippen molar-refractivity contribution in [2.75, 3.05) is 23.3 Å². The topological polar surface area (TPSA) is 32.3 Å². The molecule has 1 N–H and O–H groups in total. The first-order valence-electron chi connectivity index (χ1n) is 6.95. The van der Waals surface area contributed by atoms with Crippen molar-refractivity contribution in [3.8, 4) is 0 Å². The molecule has 1 amide bonds. The lowest BCUT2D eigenvalue weighted by atomic mass is 10.1. The van der Waals surface area contributed by atoms with E-state index in [1.807, 2.05) is 25.1 Å². The zero-order valence-corrected chi connectivity index (χ0v) is 11.1. The molecule has 0 bridgehead atoms. The van der Waals surface area contributed by atoms with E-state index >= 15 is 0 Å². The largest absolute Gasteiger partial charge is 0.370 e. The van der Waals surface area contributed by atoms with E-state index in [1.165, 1.54) is 24.9 Å². The molecule has 98 valence electrons. The van der Waals surface area contributed by atoms with Gasteiger partial charge in [0.05, 0.1) is 11.4 Å². The minimum Gasteiger partial charge on any atom is -0.370 e. The Bertz CT molecular complexity index is 397. The van der Waals surface area contributed by atoms with Gasteiger partial charge in [-0.05, 0) is 37.8 Å². The molecule has 3 heteroatoms. The van der Waals surface area contributed by atoms with Crippen molar-refractivity contribution in [1.29, 1.82) is 0 Å². The van der Waals surface area contributed by atoms with Gasteiger partial charge in [-0.1, -0.05) is 19.1 Å². The van der Waals surface area contributed by atoms with Gasteiger partial charge in [0.15, 0.2) is 0 Å². The van der Waals surface area contributed by atoms with Crippen molar-refractivity contribution in [3.63, 3.8) is 0 Å². The third-order valence-corrected chi connectivity index (χ3v) is 3.35. The van der Waals surface area contributed by atoms with Crippen LogP contribution in [0.2, 0.25) is 0 Å². The Morgan fingerprint density at radius 3 is 2.67 bits per heavy atom. The van der Waals surface area contributed by atoms with Crippen LogP contribution in [0.4, 0.5) is 11.4 Å². The molecular formula is C15H22N2O. The highest BCUT2D eigenvalue weighted by Crippen LogP contribution is 2.28. The molecule has 1 fully saturated rings. The van der Waals surface area contributed by atoms with Crippen LogP contribution in [0.5, 0.6) is 0 Å². The van der Waals surface area contributed by atoms with Crippen molar-refractivity contribution in [1.82, 2.24) is 0 Å². The van der Waals surface area contributed by atoms with E-state index < -0.39 is 0 Å². The Kier molecular flexibility index (Phi) is 4.62. The highest BCUT2D eigenvalue weighted by atomic mass is 16.1. The molecule has 1 heterocycles. The minimum absolute atomic E-state index is 0.113. The van der Waals surface area contributed by atoms with E-state index in [0.717, 1.165) is 25.2 Å². The summed E-state index contributed by atoms with van der Waals surface area (Å²) in [5.74, 6) is 0.113. The number of piperidine rings is 1. The molecule has 1 aromatic rings. The fourth-order valence-corrected chi connectivity index (χ4v) is 2.43. The first-order chi connectivity index (χ1) is 8.81. The summed E-state index contributed by atoms with van der Waals surface area (Å²) in [5.41, 5.74) is 2.12. The fourth-order valence-electron chi connectivity index (χ4n) is 2.43. The number of para-hydroxylation sites is 2. The fraction of sp³-hybridized carbons (Fsp3) is 0.533. The monoisotopic (exact) mass is 246 g/mol. The number of carbonyl (C=O) groups is 1. The van der Waals surface area contributed by atoms with Crippen LogP contribution < -0.4 is 10.2 Å². The van der Waals surface area contributed by atoms with Gasteiger partial charge >= 0.3 is 0 Å². The summed E-state index contributed by atoms with van der Waals surface area (Å²) in [7, 11) is 0. The summed E-state index contributed by atoms with van der Waals surface area (Å²) in [6.07, 6.45) is 5.29. The predicted molar refractivity (Wildman–Crippen MR) is 76.0 cm³/mol. The number of benzene rings is 1. The van der Waals surface area contributed by atoms with Crippen LogP contribution in [0, 0.1) is 0 Å². The zero-order chi connectivity index (χ0) is 12.8. The van der Waals surface area contributed by atoms with Crippen LogP contribution in [0.1, 0.15) is 39.0 Å². The van der Waals surface area contributed by atoms with Crippen molar-refractivity contribution in [3.05, 3.63) is 24.3 Å². The van der Waals surface area contributed by atoms with E-state index in [-0.39, 0.29) is 5.91 Å². The van der Waals surface area contributed by atoms with Crippen LogP contribution in [0.3, 0.4) is 0 Å². The second-order valence-electron chi connectivity index (χ2n) is 4.86. The summed E-state index contributed by atoms with van der Waals surface area (Å²) in [6, 6.07) is 8.12. The van der Waals surface area contributed by atoms with Crippen LogP contribution in [-0.2, 0) is 4.79 Å². The van der Waals surface area contributed by atoms with E-state index in [4.69, 9.17) is 0 Å². The number of hydrogen-bond acceptors (Lipinski definition) is 2. The molecule has 0 radical (unpaired) electrons. The molecule has 1 aliphatic rings. The molecule has 0 unspecified atom stereocenters. The van der Waals surface area contributed by atoms with E-state index in [2.05, 4.69) is 16.3 Å². The summed E-state index contributed by atoms with van der Waals surface area (Å²) in [6.45, 7) is 4.22. The van der Waals surface area contributed by atoms with Gasteiger partial charge < -0.3 is 10.2 Å². The van der Waals surface area contributed by atoms with Crippen molar-refractivity contribution >= 4 is 17.3 Å². The SMILES string of the molecule is CCCC(=O)Nc1ccccc1N1CCCCC1. The number of nitrogens with one attached hydrogen (secondary N) is 1. The number of amides is 1. The zero-order valence-electron chi connectivity index (χ0n) is 11.1. The van der Waals surface area contributed by atoms with Gasteiger partial charge in [0.1, 0.15) is 0 Å². The van der Waals surface area contributed by atoms with Gasteiger partial charge in [0.25, 0.3) is 0 Å². The summed E-state index contributed by atoms with van der Waals surface area (Å²) < 4.78 is 0. The molecule has 3 nitrogen and oxygen atoms in total. The van der Waals surface area contributed by atoms with E-state index in [9.17, 15) is 4.79 Å². The number of hydrogen-bond donors (Lipinski definition) is 1. The quantitative estimate of drug-likeness (QED) is 0.883. The predicted octanol–water partition coefficient (Wildman–Crippen LogP) is 3.42. The van der Waals surface area contributed by atoms with Gasteiger partial charge in [0, 0.05) is 19.5 Å². The standard InChI is InChI=1S/C15H22N2O/c1-2-8-15(18)16-13-9-4-5-10-14(13)17-11-6-3-7-12-17/h4-5,9-10H,2-3,6-8,11-12H2,1H3,(H,16,18). The molecular weight excluding hydrogens is 224 g/mol. The number of anilines is 2. The number of nitrogens with zero attached hydrogens (tertiary/aromatic N) is 1. The second kappa shape index (κ2) is 6.43. The smallest absolute Gasteiger partial charge is 0.224 e. The second-order valence-corrected chi connectivity index (χ2v) is 4.86. The molecule has 1 aromatic carbocycles. The third-order valence-electron chi connectivity index (χ3n) is 3.35. The van der Waals surface area contributed by atoms with E-state index in [1.54, 1.807) is 0 Å². The summed E-state index contributed by atoms with van der Waals surface area (Å²) >= 11 is 0. The summed E-state index contributed by atoms with van der Waals surface area (Å²) in [5, 5.41) is 3.03. The molecule has 18 heavy (non-hydrogen) atoms. The maximum absolute atomic E-state index is 11.7. The lowest BCUT2D eigenvalue weighted by molar-refractivity contribution is -0.116. The Labute approximate surface area is 109 Å². The maximum atomic E-state index is 11.7. The average molecular weight is 246 g/mol. The molecule has 0 saturated carbocycles. The minimum atomic E-state index is 0.113. The first kappa shape index (κ1) is 12.9. The van der Waals surface area contributed by atoms with Gasteiger partial charge in [-0.15, -0.1) is 0 Å². The normalized spacial score (nSPS) is 15.5. The molecule has 0 aromatic heterocycles. The lowest BCUT2D eigenvalue weighted by Crippen LogP contribution is -2.30. The highest BCUT2D eigenvalue weighted by Gasteiger charge is 2.14. The van der Waals surface area contributed by atoms with Gasteiger partial charge in [-0.3, -0.25) is 4.79 Å². The number of carbonyl (C=O) groups excluding carboxylic acids is 1. The summed E-state index contributed by atoms with van der Waals surface area (Å²) in [4.78, 5) is 14.1. The van der Waals surface area contributed by atoms with Gasteiger partial charge in [-0.25, -0.2) is 0 Å². The van der Waals surface area contributed by atoms with Gasteiger partial charge in [0.2, 0.25) is 5.91 Å². The van der Waals surface area contributed by atoms with Crippen LogP contribution in [0.15, 0.2) is 24.3 Å². The molecule has 0 aliphatic carbocycles. The van der Waals surface area contributed by atoms with Crippen molar-refractivity contribution in [2.24, 2.45) is 0 Å². The maximum Gasteiger partial charge on any atom is 0.224 e.